The van der Waals surface area contributed by atoms with Gasteiger partial charge in [0, 0.05) is 12.0 Å². The minimum Gasteiger partial charge on any atom is -0.465 e. The van der Waals surface area contributed by atoms with Gasteiger partial charge < -0.3 is 15.4 Å². The first-order chi connectivity index (χ1) is 10.0. The Kier molecular flexibility index (Phi) is 3.99. The van der Waals surface area contributed by atoms with Crippen molar-refractivity contribution in [2.45, 2.75) is 37.6 Å². The van der Waals surface area contributed by atoms with Crippen LogP contribution in [-0.4, -0.2) is 27.2 Å². The summed E-state index contributed by atoms with van der Waals surface area (Å²) in [4.78, 5) is 30.4. The summed E-state index contributed by atoms with van der Waals surface area (Å²) in [6.45, 7) is 0. The lowest BCUT2D eigenvalue weighted by molar-refractivity contribution is 0.182. The summed E-state index contributed by atoms with van der Waals surface area (Å²) in [5.41, 5.74) is 0.496. The average Bonchev–Trinajstić information content (AvgIpc) is 2.80. The lowest BCUT2D eigenvalue weighted by Crippen LogP contribution is -2.41. The van der Waals surface area contributed by atoms with Crippen LogP contribution in [0.5, 0.6) is 0 Å². The largest absolute Gasteiger partial charge is 0.465 e. The van der Waals surface area contributed by atoms with E-state index in [2.05, 4.69) is 31.2 Å². The van der Waals surface area contributed by atoms with Crippen molar-refractivity contribution in [1.29, 1.82) is 0 Å². The number of carboxylic acid groups (broad SMARTS) is 1. The van der Waals surface area contributed by atoms with Crippen LogP contribution in [0.3, 0.4) is 0 Å². The van der Waals surface area contributed by atoms with Gasteiger partial charge in [0.15, 0.2) is 0 Å². The number of thiophene rings is 1. The number of fused-ring (bicyclic) bond motifs is 1. The van der Waals surface area contributed by atoms with E-state index in [1.165, 1.54) is 11.3 Å². The Hall–Kier alpha value is -1.41. The molecule has 8 heteroatoms. The molecule has 21 heavy (non-hydrogen) atoms. The van der Waals surface area contributed by atoms with Crippen molar-refractivity contribution < 1.29 is 9.90 Å². The molecule has 0 radical (unpaired) electrons. The Labute approximate surface area is 132 Å². The lowest BCUT2D eigenvalue weighted by atomic mass is 9.84. The Bertz CT molecular complexity index is 742. The molecule has 2 aromatic rings. The molecule has 3 N–H and O–H groups in total. The lowest BCUT2D eigenvalue weighted by Gasteiger charge is -2.30. The normalized spacial score (nSPS) is 22.3. The van der Waals surface area contributed by atoms with Crippen LogP contribution in [0.1, 0.15) is 37.4 Å². The highest BCUT2D eigenvalue weighted by Crippen LogP contribution is 2.32. The number of aromatic amines is 1. The molecular weight excluding hydrogens is 358 g/mol. The van der Waals surface area contributed by atoms with E-state index in [9.17, 15) is 9.59 Å². The molecule has 1 aliphatic rings. The fraction of sp³-hybridized carbons (Fsp3) is 0.462. The van der Waals surface area contributed by atoms with Gasteiger partial charge in [0.25, 0.3) is 5.56 Å². The first kappa shape index (κ1) is 14.5. The molecule has 2 atom stereocenters. The summed E-state index contributed by atoms with van der Waals surface area (Å²) in [5.74, 6) is 0.502. The zero-order valence-electron chi connectivity index (χ0n) is 11.1. The van der Waals surface area contributed by atoms with Crippen molar-refractivity contribution in [3.8, 4) is 0 Å². The highest BCUT2D eigenvalue weighted by Gasteiger charge is 2.30. The van der Waals surface area contributed by atoms with Crippen molar-refractivity contribution >= 4 is 43.6 Å². The number of H-pyrrole nitrogens is 1. The average molecular weight is 372 g/mol. The molecule has 1 aliphatic carbocycles. The molecular formula is C13H14BrN3O3S. The van der Waals surface area contributed by atoms with Crippen LogP contribution >= 0.6 is 27.3 Å². The van der Waals surface area contributed by atoms with Crippen LogP contribution < -0.4 is 10.9 Å². The van der Waals surface area contributed by atoms with Gasteiger partial charge in [0.05, 0.1) is 9.30 Å². The molecule has 2 unspecified atom stereocenters. The van der Waals surface area contributed by atoms with Gasteiger partial charge in [-0.1, -0.05) is 12.8 Å². The van der Waals surface area contributed by atoms with Crippen LogP contribution in [0, 0.1) is 0 Å². The number of hydrogen-bond acceptors (Lipinski definition) is 4. The van der Waals surface area contributed by atoms with E-state index >= 15 is 0 Å². The van der Waals surface area contributed by atoms with E-state index in [0.717, 1.165) is 29.5 Å². The summed E-state index contributed by atoms with van der Waals surface area (Å²) in [6, 6.07) is 1.63. The number of aromatic nitrogens is 2. The van der Waals surface area contributed by atoms with Crippen molar-refractivity contribution in [3.05, 3.63) is 26.0 Å². The van der Waals surface area contributed by atoms with Crippen LogP contribution in [-0.2, 0) is 0 Å². The highest BCUT2D eigenvalue weighted by atomic mass is 79.9. The van der Waals surface area contributed by atoms with Gasteiger partial charge in [0.2, 0.25) is 0 Å². The highest BCUT2D eigenvalue weighted by molar-refractivity contribution is 9.11. The number of carbonyl (C=O) groups is 1. The van der Waals surface area contributed by atoms with E-state index in [1.807, 2.05) is 6.07 Å². The van der Waals surface area contributed by atoms with Crippen molar-refractivity contribution in [3.63, 3.8) is 0 Å². The Balaban J connectivity index is 2.00. The van der Waals surface area contributed by atoms with E-state index in [0.29, 0.717) is 16.0 Å². The van der Waals surface area contributed by atoms with Crippen molar-refractivity contribution in [2.24, 2.45) is 0 Å². The van der Waals surface area contributed by atoms with Gasteiger partial charge in [-0.3, -0.25) is 4.79 Å². The quantitative estimate of drug-likeness (QED) is 0.755. The molecule has 1 amide bonds. The fourth-order valence-electron chi connectivity index (χ4n) is 2.89. The third kappa shape index (κ3) is 2.96. The van der Waals surface area contributed by atoms with Crippen molar-refractivity contribution in [1.82, 2.24) is 15.3 Å². The molecule has 0 bridgehead atoms. The number of halogens is 1. The number of rotatable bonds is 2. The SMILES string of the molecule is O=C(O)NC1CCCCC1c1nc2cc(Br)sc2c(=O)[nH]1. The molecule has 3 rings (SSSR count). The standard InChI is InChI=1S/C13H14BrN3O3S/c14-9-5-8-10(21-9)12(18)17-11(15-8)6-3-1-2-4-7(6)16-13(19)20/h5-7,16H,1-4H2,(H,19,20)(H,15,17,18). The predicted octanol–water partition coefficient (Wildman–Crippen LogP) is 3.04. The van der Waals surface area contributed by atoms with Crippen LogP contribution in [0.25, 0.3) is 10.2 Å². The topological polar surface area (TPSA) is 95.1 Å². The molecule has 1 fully saturated rings. The van der Waals surface area contributed by atoms with Gasteiger partial charge in [-0.05, 0) is 34.8 Å². The maximum absolute atomic E-state index is 12.1. The second-order valence-electron chi connectivity index (χ2n) is 5.16. The summed E-state index contributed by atoms with van der Waals surface area (Å²) < 4.78 is 1.45. The maximum atomic E-state index is 12.1. The van der Waals surface area contributed by atoms with E-state index < -0.39 is 6.09 Å². The Morgan fingerprint density at radius 3 is 3.00 bits per heavy atom. The van der Waals surface area contributed by atoms with Gasteiger partial charge in [0.1, 0.15) is 10.5 Å². The summed E-state index contributed by atoms with van der Waals surface area (Å²) in [5, 5.41) is 11.5. The van der Waals surface area contributed by atoms with Gasteiger partial charge in [-0.15, -0.1) is 11.3 Å². The third-order valence-corrected chi connectivity index (χ3v) is 5.42. The Morgan fingerprint density at radius 1 is 1.48 bits per heavy atom. The van der Waals surface area contributed by atoms with E-state index in [-0.39, 0.29) is 17.5 Å². The third-order valence-electron chi connectivity index (χ3n) is 3.80. The maximum Gasteiger partial charge on any atom is 0.404 e. The molecule has 2 aromatic heterocycles. The fourth-order valence-corrected chi connectivity index (χ4v) is 4.31. The van der Waals surface area contributed by atoms with Crippen molar-refractivity contribution in [2.75, 3.05) is 0 Å². The number of hydrogen-bond donors (Lipinski definition) is 3. The first-order valence-corrected chi connectivity index (χ1v) is 8.34. The molecule has 1 saturated carbocycles. The number of nitrogens with one attached hydrogen (secondary N) is 2. The van der Waals surface area contributed by atoms with Crippen LogP contribution in [0.2, 0.25) is 0 Å². The van der Waals surface area contributed by atoms with Gasteiger partial charge in [-0.25, -0.2) is 9.78 Å². The predicted molar refractivity (Wildman–Crippen MR) is 84.1 cm³/mol. The molecule has 0 aliphatic heterocycles. The molecule has 112 valence electrons. The van der Waals surface area contributed by atoms with Gasteiger partial charge in [-0.2, -0.15) is 0 Å². The van der Waals surface area contributed by atoms with E-state index in [1.54, 1.807) is 0 Å². The molecule has 0 spiro atoms. The number of nitrogens with zero attached hydrogens (tertiary/aromatic N) is 1. The first-order valence-electron chi connectivity index (χ1n) is 6.73. The number of amides is 1. The van der Waals surface area contributed by atoms with Crippen LogP contribution in [0.15, 0.2) is 14.6 Å². The summed E-state index contributed by atoms with van der Waals surface area (Å²) in [7, 11) is 0. The smallest absolute Gasteiger partial charge is 0.404 e. The Morgan fingerprint density at radius 2 is 2.24 bits per heavy atom. The summed E-state index contributed by atoms with van der Waals surface area (Å²) >= 11 is 4.71. The second kappa shape index (κ2) is 5.76. The van der Waals surface area contributed by atoms with Crippen LogP contribution in [0.4, 0.5) is 4.79 Å². The zero-order chi connectivity index (χ0) is 15.0. The zero-order valence-corrected chi connectivity index (χ0v) is 13.5. The summed E-state index contributed by atoms with van der Waals surface area (Å²) in [6.07, 6.45) is 2.56. The minimum absolute atomic E-state index is 0.0781. The molecule has 2 heterocycles. The molecule has 6 nitrogen and oxygen atoms in total. The minimum atomic E-state index is -1.03. The second-order valence-corrected chi connectivity index (χ2v) is 7.59. The molecule has 0 aromatic carbocycles. The van der Waals surface area contributed by atoms with Gasteiger partial charge >= 0.3 is 6.09 Å². The molecule has 0 saturated heterocycles. The van der Waals surface area contributed by atoms with E-state index in [4.69, 9.17) is 5.11 Å². The monoisotopic (exact) mass is 371 g/mol.